The number of aromatic nitrogens is 2. The van der Waals surface area contributed by atoms with Gasteiger partial charge in [0.05, 0.1) is 0 Å². The Morgan fingerprint density at radius 1 is 1.24 bits per heavy atom. The minimum Gasteiger partial charge on any atom is -0.350 e. The molecule has 2 rings (SSSR count). The Morgan fingerprint density at radius 2 is 2.00 bits per heavy atom. The topological polar surface area (TPSA) is 66.9 Å². The molecule has 0 radical (unpaired) electrons. The zero-order chi connectivity index (χ0) is 15.1. The average Bonchev–Trinajstić information content (AvgIpc) is 2.54. The first-order valence-corrected chi connectivity index (χ1v) is 7.10. The molecule has 0 aliphatic carbocycles. The van der Waals surface area contributed by atoms with E-state index < -0.39 is 0 Å². The fourth-order valence-electron chi connectivity index (χ4n) is 1.75. The molecule has 0 bridgehead atoms. The highest BCUT2D eigenvalue weighted by Gasteiger charge is 2.10. The van der Waals surface area contributed by atoms with Crippen LogP contribution in [0.2, 0.25) is 0 Å². The Balaban J connectivity index is 1.99. The summed E-state index contributed by atoms with van der Waals surface area (Å²) < 4.78 is 0. The first-order valence-electron chi connectivity index (χ1n) is 7.10. The van der Waals surface area contributed by atoms with Crippen molar-refractivity contribution in [3.63, 3.8) is 0 Å². The molecule has 2 aromatic rings. The maximum atomic E-state index is 12.0. The second-order valence-electron chi connectivity index (χ2n) is 4.89. The Morgan fingerprint density at radius 3 is 2.71 bits per heavy atom. The maximum absolute atomic E-state index is 12.0. The van der Waals surface area contributed by atoms with Gasteiger partial charge in [-0.2, -0.15) is 0 Å². The standard InChI is InChI=1S/C16H20N4O/c1-3-12(2)19-15(21)14-9-10-17-16(20-14)18-11-13-7-5-4-6-8-13/h4-10,12H,3,11H2,1-2H3,(H,19,21)(H,17,18,20). The Kier molecular flexibility index (Phi) is 5.26. The maximum Gasteiger partial charge on any atom is 0.270 e. The Bertz CT molecular complexity index is 586. The van der Waals surface area contributed by atoms with Crippen LogP contribution in [0, 0.1) is 0 Å². The summed E-state index contributed by atoms with van der Waals surface area (Å²) in [6, 6.07) is 11.7. The van der Waals surface area contributed by atoms with Gasteiger partial charge in [-0.15, -0.1) is 0 Å². The van der Waals surface area contributed by atoms with Crippen molar-refractivity contribution in [2.75, 3.05) is 5.32 Å². The predicted octanol–water partition coefficient (Wildman–Crippen LogP) is 2.62. The first kappa shape index (κ1) is 15.0. The molecule has 5 nitrogen and oxygen atoms in total. The van der Waals surface area contributed by atoms with Crippen molar-refractivity contribution in [3.8, 4) is 0 Å². The zero-order valence-electron chi connectivity index (χ0n) is 12.3. The van der Waals surface area contributed by atoms with Crippen molar-refractivity contribution in [2.45, 2.75) is 32.9 Å². The lowest BCUT2D eigenvalue weighted by Crippen LogP contribution is -2.32. The van der Waals surface area contributed by atoms with E-state index in [4.69, 9.17) is 0 Å². The quantitative estimate of drug-likeness (QED) is 0.855. The molecule has 21 heavy (non-hydrogen) atoms. The molecule has 1 atom stereocenters. The lowest BCUT2D eigenvalue weighted by molar-refractivity contribution is 0.0934. The summed E-state index contributed by atoms with van der Waals surface area (Å²) >= 11 is 0. The molecule has 0 aliphatic rings. The Hall–Kier alpha value is -2.43. The van der Waals surface area contributed by atoms with E-state index in [9.17, 15) is 4.79 Å². The molecule has 0 spiro atoms. The summed E-state index contributed by atoms with van der Waals surface area (Å²) in [5.41, 5.74) is 1.51. The molecule has 5 heteroatoms. The van der Waals surface area contributed by atoms with E-state index in [2.05, 4.69) is 20.6 Å². The zero-order valence-corrected chi connectivity index (χ0v) is 12.3. The van der Waals surface area contributed by atoms with Crippen molar-refractivity contribution in [2.24, 2.45) is 0 Å². The van der Waals surface area contributed by atoms with Crippen molar-refractivity contribution < 1.29 is 4.79 Å². The van der Waals surface area contributed by atoms with Crippen molar-refractivity contribution in [1.82, 2.24) is 15.3 Å². The number of benzene rings is 1. The van der Waals surface area contributed by atoms with Gasteiger partial charge in [0, 0.05) is 18.8 Å². The highest BCUT2D eigenvalue weighted by atomic mass is 16.1. The van der Waals surface area contributed by atoms with Gasteiger partial charge in [0.1, 0.15) is 5.69 Å². The summed E-state index contributed by atoms with van der Waals surface area (Å²) in [6.07, 6.45) is 2.47. The van der Waals surface area contributed by atoms with Crippen LogP contribution in [-0.2, 0) is 6.54 Å². The average molecular weight is 284 g/mol. The third-order valence-corrected chi connectivity index (χ3v) is 3.17. The van der Waals surface area contributed by atoms with Gasteiger partial charge in [-0.1, -0.05) is 37.3 Å². The number of nitrogens with zero attached hydrogens (tertiary/aromatic N) is 2. The lowest BCUT2D eigenvalue weighted by atomic mass is 10.2. The van der Waals surface area contributed by atoms with Gasteiger partial charge in [0.2, 0.25) is 5.95 Å². The van der Waals surface area contributed by atoms with Crippen LogP contribution in [-0.4, -0.2) is 21.9 Å². The molecule has 1 amide bonds. The molecular weight excluding hydrogens is 264 g/mol. The lowest BCUT2D eigenvalue weighted by Gasteiger charge is -2.11. The second-order valence-corrected chi connectivity index (χ2v) is 4.89. The van der Waals surface area contributed by atoms with E-state index in [1.165, 1.54) is 0 Å². The van der Waals surface area contributed by atoms with Crippen molar-refractivity contribution in [3.05, 3.63) is 53.9 Å². The number of carbonyl (C=O) groups excluding carboxylic acids is 1. The van der Waals surface area contributed by atoms with Crippen LogP contribution in [0.3, 0.4) is 0 Å². The van der Waals surface area contributed by atoms with Gasteiger partial charge in [-0.3, -0.25) is 4.79 Å². The van der Waals surface area contributed by atoms with Crippen LogP contribution in [0.15, 0.2) is 42.6 Å². The van der Waals surface area contributed by atoms with Gasteiger partial charge < -0.3 is 10.6 Å². The van der Waals surface area contributed by atoms with E-state index in [0.29, 0.717) is 18.2 Å². The largest absolute Gasteiger partial charge is 0.350 e. The molecule has 1 unspecified atom stereocenters. The monoisotopic (exact) mass is 284 g/mol. The van der Waals surface area contributed by atoms with Gasteiger partial charge in [-0.25, -0.2) is 9.97 Å². The van der Waals surface area contributed by atoms with Crippen LogP contribution < -0.4 is 10.6 Å². The number of hydrogen-bond acceptors (Lipinski definition) is 4. The molecule has 1 aromatic carbocycles. The molecule has 2 N–H and O–H groups in total. The molecule has 110 valence electrons. The van der Waals surface area contributed by atoms with Gasteiger partial charge >= 0.3 is 0 Å². The number of amides is 1. The molecule has 1 heterocycles. The van der Waals surface area contributed by atoms with Gasteiger partial charge in [-0.05, 0) is 25.0 Å². The SMILES string of the molecule is CCC(C)NC(=O)c1ccnc(NCc2ccccc2)n1. The number of hydrogen-bond donors (Lipinski definition) is 2. The van der Waals surface area contributed by atoms with E-state index in [-0.39, 0.29) is 11.9 Å². The third kappa shape index (κ3) is 4.56. The van der Waals surface area contributed by atoms with Gasteiger partial charge in [0.25, 0.3) is 5.91 Å². The fraction of sp³-hybridized carbons (Fsp3) is 0.312. The summed E-state index contributed by atoms with van der Waals surface area (Å²) in [6.45, 7) is 4.61. The molecular formula is C16H20N4O. The normalized spacial score (nSPS) is 11.7. The third-order valence-electron chi connectivity index (χ3n) is 3.17. The summed E-state index contributed by atoms with van der Waals surface area (Å²) in [5.74, 6) is 0.283. The number of nitrogens with one attached hydrogen (secondary N) is 2. The predicted molar refractivity (Wildman–Crippen MR) is 83.0 cm³/mol. The molecule has 1 aromatic heterocycles. The van der Waals surface area contributed by atoms with Gasteiger partial charge in [0.15, 0.2) is 0 Å². The number of rotatable bonds is 6. The minimum atomic E-state index is -0.172. The summed E-state index contributed by atoms with van der Waals surface area (Å²) in [4.78, 5) is 20.4. The summed E-state index contributed by atoms with van der Waals surface area (Å²) in [5, 5.41) is 6.01. The van der Waals surface area contributed by atoms with E-state index >= 15 is 0 Å². The van der Waals surface area contributed by atoms with Crippen molar-refractivity contribution in [1.29, 1.82) is 0 Å². The van der Waals surface area contributed by atoms with Crippen LogP contribution in [0.4, 0.5) is 5.95 Å². The highest BCUT2D eigenvalue weighted by molar-refractivity contribution is 5.92. The fourth-order valence-corrected chi connectivity index (χ4v) is 1.75. The number of anilines is 1. The first-order chi connectivity index (χ1) is 10.2. The molecule has 0 aliphatic heterocycles. The molecule has 0 fully saturated rings. The highest BCUT2D eigenvalue weighted by Crippen LogP contribution is 2.05. The summed E-state index contributed by atoms with van der Waals surface area (Å²) in [7, 11) is 0. The van der Waals surface area contributed by atoms with Crippen LogP contribution in [0.25, 0.3) is 0 Å². The number of carbonyl (C=O) groups is 1. The van der Waals surface area contributed by atoms with Crippen LogP contribution >= 0.6 is 0 Å². The molecule has 0 saturated carbocycles. The smallest absolute Gasteiger partial charge is 0.270 e. The van der Waals surface area contributed by atoms with E-state index in [0.717, 1.165) is 12.0 Å². The van der Waals surface area contributed by atoms with Crippen LogP contribution in [0.1, 0.15) is 36.3 Å². The van der Waals surface area contributed by atoms with Crippen LogP contribution in [0.5, 0.6) is 0 Å². The van der Waals surface area contributed by atoms with E-state index in [1.807, 2.05) is 44.2 Å². The second kappa shape index (κ2) is 7.38. The van der Waals surface area contributed by atoms with E-state index in [1.54, 1.807) is 12.3 Å². The Labute approximate surface area is 124 Å². The molecule has 0 saturated heterocycles. The van der Waals surface area contributed by atoms with Crippen molar-refractivity contribution >= 4 is 11.9 Å². The minimum absolute atomic E-state index is 0.133.